The van der Waals surface area contributed by atoms with Crippen molar-refractivity contribution >= 4 is 34.8 Å². The molecule has 11 nitrogen and oxygen atoms in total. The molecule has 3 heterocycles. The summed E-state index contributed by atoms with van der Waals surface area (Å²) in [4.78, 5) is 33.4. The standard InChI is InChI=1S/C26H32FN9O2/c27-19-13-28-11-10-20(19)34-25(37)22-14-29-24-21(30-16-4-5-16)12-23(35-36(22)24)31-17-6-8-18(9-7-17)33-26(38)32-15-2-1-3-15/h10-18,30H,1-9H2,(H,31,35)(H,28,34,37)(H2,32,33,38). The van der Waals surface area contributed by atoms with Gasteiger partial charge >= 0.3 is 6.03 Å². The first kappa shape index (κ1) is 24.4. The third-order valence-corrected chi connectivity index (χ3v) is 7.51. The molecule has 38 heavy (non-hydrogen) atoms. The van der Waals surface area contributed by atoms with Crippen LogP contribution in [0.4, 0.5) is 26.4 Å². The van der Waals surface area contributed by atoms with E-state index in [-0.39, 0.29) is 29.5 Å². The Hall–Kier alpha value is -3.96. The summed E-state index contributed by atoms with van der Waals surface area (Å²) in [6.07, 6.45) is 12.9. The van der Waals surface area contributed by atoms with E-state index in [9.17, 15) is 14.0 Å². The Kier molecular flexibility index (Phi) is 6.69. The maximum Gasteiger partial charge on any atom is 0.315 e. The number of amides is 3. The van der Waals surface area contributed by atoms with E-state index >= 15 is 0 Å². The van der Waals surface area contributed by atoms with E-state index in [0.717, 1.165) is 63.3 Å². The van der Waals surface area contributed by atoms with Gasteiger partial charge in [-0.15, -0.1) is 5.10 Å². The van der Waals surface area contributed by atoms with E-state index in [2.05, 4.69) is 41.7 Å². The number of imidazole rings is 1. The van der Waals surface area contributed by atoms with Crippen LogP contribution < -0.4 is 26.6 Å². The highest BCUT2D eigenvalue weighted by Gasteiger charge is 2.27. The Morgan fingerprint density at radius 1 is 0.868 bits per heavy atom. The number of hydrogen-bond donors (Lipinski definition) is 5. The zero-order chi connectivity index (χ0) is 26.1. The molecule has 3 aliphatic rings. The molecule has 0 aliphatic heterocycles. The number of nitrogens with one attached hydrogen (secondary N) is 5. The number of halogens is 1. The van der Waals surface area contributed by atoms with Gasteiger partial charge in [-0.2, -0.15) is 0 Å². The molecule has 0 saturated heterocycles. The fourth-order valence-electron chi connectivity index (χ4n) is 4.97. The van der Waals surface area contributed by atoms with E-state index < -0.39 is 11.7 Å². The molecule has 0 radical (unpaired) electrons. The van der Waals surface area contributed by atoms with Gasteiger partial charge in [0.05, 0.1) is 23.8 Å². The summed E-state index contributed by atoms with van der Waals surface area (Å²) < 4.78 is 15.6. The smallest absolute Gasteiger partial charge is 0.315 e. The Morgan fingerprint density at radius 2 is 1.55 bits per heavy atom. The van der Waals surface area contributed by atoms with Crippen molar-refractivity contribution in [1.82, 2.24) is 30.2 Å². The molecule has 3 aromatic heterocycles. The number of nitrogens with zero attached hydrogens (tertiary/aromatic N) is 4. The first-order chi connectivity index (χ1) is 18.5. The Morgan fingerprint density at radius 3 is 2.24 bits per heavy atom. The van der Waals surface area contributed by atoms with Crippen LogP contribution in [0.5, 0.6) is 0 Å². The van der Waals surface area contributed by atoms with Gasteiger partial charge in [0.2, 0.25) is 0 Å². The normalized spacial score (nSPS) is 21.4. The SMILES string of the molecule is O=C(NC1CCC1)NC1CCC(Nc2cc(NC3CC3)c3ncc(C(=O)Nc4ccncc4F)n3n2)CC1. The molecule has 0 atom stereocenters. The van der Waals surface area contributed by atoms with Crippen molar-refractivity contribution in [1.29, 1.82) is 0 Å². The number of fused-ring (bicyclic) bond motifs is 1. The Labute approximate surface area is 219 Å². The molecule has 3 aromatic rings. The average molecular weight is 522 g/mol. The van der Waals surface area contributed by atoms with Crippen LogP contribution in [0.3, 0.4) is 0 Å². The highest BCUT2D eigenvalue weighted by atomic mass is 19.1. The second kappa shape index (κ2) is 10.4. The summed E-state index contributed by atoms with van der Waals surface area (Å²) in [5.74, 6) is -0.509. The number of pyridine rings is 1. The van der Waals surface area contributed by atoms with E-state index in [1.165, 1.54) is 29.4 Å². The molecule has 200 valence electrons. The number of urea groups is 1. The molecule has 3 fully saturated rings. The van der Waals surface area contributed by atoms with Crippen LogP contribution in [0.25, 0.3) is 5.65 Å². The van der Waals surface area contributed by atoms with Crippen molar-refractivity contribution in [2.24, 2.45) is 0 Å². The molecule has 0 spiro atoms. The van der Waals surface area contributed by atoms with Crippen LogP contribution in [0, 0.1) is 5.82 Å². The lowest BCUT2D eigenvalue weighted by molar-refractivity contribution is 0.102. The second-order valence-electron chi connectivity index (χ2n) is 10.5. The van der Waals surface area contributed by atoms with Crippen molar-refractivity contribution in [3.8, 4) is 0 Å². The predicted octanol–water partition coefficient (Wildman–Crippen LogP) is 3.66. The number of carbonyl (C=O) groups is 2. The molecular weight excluding hydrogens is 489 g/mol. The van der Waals surface area contributed by atoms with Crippen LogP contribution in [-0.2, 0) is 0 Å². The van der Waals surface area contributed by atoms with E-state index in [1.807, 2.05) is 6.07 Å². The Bertz CT molecular complexity index is 1330. The van der Waals surface area contributed by atoms with Gasteiger partial charge in [0, 0.05) is 36.4 Å². The van der Waals surface area contributed by atoms with Gasteiger partial charge in [0.25, 0.3) is 5.91 Å². The minimum atomic E-state index is -0.619. The Balaban J connectivity index is 1.15. The third kappa shape index (κ3) is 5.48. The minimum Gasteiger partial charge on any atom is -0.379 e. The summed E-state index contributed by atoms with van der Waals surface area (Å²) in [6, 6.07) is 4.32. The predicted molar refractivity (Wildman–Crippen MR) is 141 cm³/mol. The van der Waals surface area contributed by atoms with Crippen molar-refractivity contribution in [3.05, 3.63) is 42.2 Å². The molecule has 6 rings (SSSR count). The maximum atomic E-state index is 14.1. The number of anilines is 3. The molecular formula is C26H32FN9O2. The lowest BCUT2D eigenvalue weighted by Gasteiger charge is -2.32. The lowest BCUT2D eigenvalue weighted by Crippen LogP contribution is -2.49. The molecule has 0 unspecified atom stereocenters. The maximum absolute atomic E-state index is 14.1. The van der Waals surface area contributed by atoms with Gasteiger partial charge < -0.3 is 26.6 Å². The summed E-state index contributed by atoms with van der Waals surface area (Å²) >= 11 is 0. The first-order valence-electron chi connectivity index (χ1n) is 13.4. The van der Waals surface area contributed by atoms with Gasteiger partial charge in [-0.25, -0.2) is 18.7 Å². The van der Waals surface area contributed by atoms with Gasteiger partial charge in [-0.05, 0) is 63.9 Å². The molecule has 5 N–H and O–H groups in total. The van der Waals surface area contributed by atoms with Crippen molar-refractivity contribution in [2.45, 2.75) is 82.0 Å². The molecule has 3 saturated carbocycles. The summed E-state index contributed by atoms with van der Waals surface area (Å²) in [6.45, 7) is 0. The van der Waals surface area contributed by atoms with E-state index in [4.69, 9.17) is 0 Å². The molecule has 0 bridgehead atoms. The summed E-state index contributed by atoms with van der Waals surface area (Å²) in [5.41, 5.74) is 1.57. The number of aromatic nitrogens is 4. The zero-order valence-electron chi connectivity index (χ0n) is 21.0. The molecule has 0 aromatic carbocycles. The van der Waals surface area contributed by atoms with Gasteiger partial charge in [0.15, 0.2) is 17.2 Å². The van der Waals surface area contributed by atoms with Crippen molar-refractivity contribution in [2.75, 3.05) is 16.0 Å². The summed E-state index contributed by atoms with van der Waals surface area (Å²) in [5, 5.41) is 20.4. The van der Waals surface area contributed by atoms with Gasteiger partial charge in [0.1, 0.15) is 5.82 Å². The quantitative estimate of drug-likeness (QED) is 0.305. The number of carbonyl (C=O) groups excluding carboxylic acids is 2. The fraction of sp³-hybridized carbons (Fsp3) is 0.500. The minimum absolute atomic E-state index is 0.0392. The number of hydrogen-bond acceptors (Lipinski definition) is 7. The first-order valence-corrected chi connectivity index (χ1v) is 13.4. The number of rotatable bonds is 8. The van der Waals surface area contributed by atoms with E-state index in [1.54, 1.807) is 0 Å². The fourth-order valence-corrected chi connectivity index (χ4v) is 4.97. The van der Waals surface area contributed by atoms with Crippen LogP contribution in [-0.4, -0.2) is 55.7 Å². The topological polar surface area (TPSA) is 137 Å². The van der Waals surface area contributed by atoms with Crippen LogP contribution in [0.1, 0.15) is 68.3 Å². The summed E-state index contributed by atoms with van der Waals surface area (Å²) in [7, 11) is 0. The van der Waals surface area contributed by atoms with Gasteiger partial charge in [-0.3, -0.25) is 9.78 Å². The molecule has 3 amide bonds. The third-order valence-electron chi connectivity index (χ3n) is 7.51. The highest BCUT2D eigenvalue weighted by molar-refractivity contribution is 6.03. The van der Waals surface area contributed by atoms with Crippen LogP contribution in [0.2, 0.25) is 0 Å². The van der Waals surface area contributed by atoms with Crippen molar-refractivity contribution < 1.29 is 14.0 Å². The highest BCUT2D eigenvalue weighted by Crippen LogP contribution is 2.30. The second-order valence-corrected chi connectivity index (χ2v) is 10.5. The zero-order valence-corrected chi connectivity index (χ0v) is 21.0. The van der Waals surface area contributed by atoms with Crippen LogP contribution in [0.15, 0.2) is 30.7 Å². The van der Waals surface area contributed by atoms with Gasteiger partial charge in [-0.1, -0.05) is 0 Å². The van der Waals surface area contributed by atoms with Crippen molar-refractivity contribution in [3.63, 3.8) is 0 Å². The largest absolute Gasteiger partial charge is 0.379 e. The molecule has 3 aliphatic carbocycles. The molecule has 12 heteroatoms. The average Bonchev–Trinajstić information content (AvgIpc) is 3.59. The lowest BCUT2D eigenvalue weighted by atomic mass is 9.91. The monoisotopic (exact) mass is 521 g/mol. The van der Waals surface area contributed by atoms with E-state index in [0.29, 0.717) is 23.5 Å². The van der Waals surface area contributed by atoms with Crippen LogP contribution >= 0.6 is 0 Å².